The summed E-state index contributed by atoms with van der Waals surface area (Å²) in [5.41, 5.74) is 7.87. The zero-order chi connectivity index (χ0) is 14.9. The molecule has 1 aromatic rings. The molecule has 0 amide bonds. The van der Waals surface area contributed by atoms with E-state index in [-0.39, 0.29) is 6.04 Å². The average Bonchev–Trinajstić information content (AvgIpc) is 2.36. The summed E-state index contributed by atoms with van der Waals surface area (Å²) in [6.07, 6.45) is 1.69. The number of anilines is 1. The molecule has 1 saturated heterocycles. The van der Waals surface area contributed by atoms with E-state index in [4.69, 9.17) is 5.73 Å². The number of hydrogen-bond acceptors (Lipinski definition) is 4. The zero-order valence-corrected chi connectivity index (χ0v) is 13.1. The maximum absolute atomic E-state index is 12.5. The van der Waals surface area contributed by atoms with Gasteiger partial charge in [0.1, 0.15) is 0 Å². The van der Waals surface area contributed by atoms with Crippen molar-refractivity contribution in [2.24, 2.45) is 0 Å². The lowest BCUT2D eigenvalue weighted by molar-refractivity contribution is 0.248. The van der Waals surface area contributed by atoms with Crippen molar-refractivity contribution < 1.29 is 8.42 Å². The van der Waals surface area contributed by atoms with Gasteiger partial charge in [-0.2, -0.15) is 0 Å². The van der Waals surface area contributed by atoms with Crippen LogP contribution in [-0.4, -0.2) is 39.5 Å². The summed E-state index contributed by atoms with van der Waals surface area (Å²) in [6.45, 7) is 5.44. The summed E-state index contributed by atoms with van der Waals surface area (Å²) < 4.78 is 27.9. The van der Waals surface area contributed by atoms with Crippen LogP contribution in [-0.2, 0) is 10.0 Å². The van der Waals surface area contributed by atoms with Crippen LogP contribution < -0.4 is 10.5 Å². The summed E-state index contributed by atoms with van der Waals surface area (Å²) in [4.78, 5) is 2.51. The third kappa shape index (κ3) is 3.31. The number of aryl methyl sites for hydroxylation is 1. The molecule has 112 valence electrons. The molecule has 1 aliphatic heterocycles. The Morgan fingerprint density at radius 2 is 1.85 bits per heavy atom. The van der Waals surface area contributed by atoms with Gasteiger partial charge in [0, 0.05) is 11.7 Å². The normalized spacial score (nSPS) is 18.4. The average molecular weight is 297 g/mol. The fourth-order valence-corrected chi connectivity index (χ4v) is 4.20. The molecule has 1 fully saturated rings. The summed E-state index contributed by atoms with van der Waals surface area (Å²) in [5.74, 6) is 0. The quantitative estimate of drug-likeness (QED) is 0.824. The minimum atomic E-state index is -3.50. The summed E-state index contributed by atoms with van der Waals surface area (Å²) in [6, 6.07) is 3.49. The first-order valence-electron chi connectivity index (χ1n) is 6.87. The Morgan fingerprint density at radius 1 is 1.25 bits per heavy atom. The molecule has 0 aliphatic carbocycles. The Bertz CT molecular complexity index is 591. The molecule has 6 heteroatoms. The van der Waals surface area contributed by atoms with Gasteiger partial charge in [-0.05, 0) is 70.1 Å². The number of hydrogen-bond donors (Lipinski definition) is 2. The van der Waals surface area contributed by atoms with Crippen molar-refractivity contribution in [3.05, 3.63) is 23.3 Å². The van der Waals surface area contributed by atoms with Gasteiger partial charge >= 0.3 is 0 Å². The molecule has 0 atom stereocenters. The van der Waals surface area contributed by atoms with Crippen LogP contribution in [0.2, 0.25) is 0 Å². The number of rotatable bonds is 3. The van der Waals surface area contributed by atoms with E-state index in [0.717, 1.165) is 31.5 Å². The first-order valence-corrected chi connectivity index (χ1v) is 8.35. The fourth-order valence-electron chi connectivity index (χ4n) is 2.54. The Morgan fingerprint density at radius 3 is 2.45 bits per heavy atom. The van der Waals surface area contributed by atoms with Gasteiger partial charge < -0.3 is 10.6 Å². The van der Waals surface area contributed by atoms with Crippen LogP contribution in [0.1, 0.15) is 24.0 Å². The highest BCUT2D eigenvalue weighted by Crippen LogP contribution is 2.24. The number of nitrogens with zero attached hydrogens (tertiary/aromatic N) is 1. The molecule has 0 bridgehead atoms. The highest BCUT2D eigenvalue weighted by Gasteiger charge is 2.25. The number of nitrogen functional groups attached to an aromatic ring is 1. The Kier molecular flexibility index (Phi) is 4.36. The van der Waals surface area contributed by atoms with Crippen LogP contribution in [0.3, 0.4) is 0 Å². The van der Waals surface area contributed by atoms with Gasteiger partial charge in [-0.15, -0.1) is 0 Å². The van der Waals surface area contributed by atoms with Gasteiger partial charge in [0.15, 0.2) is 0 Å². The van der Waals surface area contributed by atoms with Crippen LogP contribution in [0.25, 0.3) is 0 Å². The number of nitrogens with two attached hydrogens (primary N) is 1. The van der Waals surface area contributed by atoms with Gasteiger partial charge in [-0.25, -0.2) is 13.1 Å². The van der Waals surface area contributed by atoms with Crippen molar-refractivity contribution in [2.45, 2.75) is 37.6 Å². The number of piperidine rings is 1. The lowest BCUT2D eigenvalue weighted by atomic mass is 10.1. The predicted molar refractivity (Wildman–Crippen MR) is 81.2 cm³/mol. The Labute approximate surface area is 121 Å². The molecule has 2 rings (SSSR count). The number of benzene rings is 1. The van der Waals surface area contributed by atoms with Crippen LogP contribution in [0.15, 0.2) is 17.0 Å². The van der Waals surface area contributed by atoms with Crippen molar-refractivity contribution in [3.63, 3.8) is 0 Å². The van der Waals surface area contributed by atoms with E-state index in [1.165, 1.54) is 0 Å². The van der Waals surface area contributed by atoms with E-state index in [0.29, 0.717) is 16.1 Å². The van der Waals surface area contributed by atoms with E-state index < -0.39 is 10.0 Å². The molecule has 1 aliphatic rings. The lowest BCUT2D eigenvalue weighted by Crippen LogP contribution is -2.43. The molecular weight excluding hydrogens is 274 g/mol. The molecule has 3 N–H and O–H groups in total. The standard InChI is InChI=1S/C14H23N3O2S/c1-10-8-13(15)11(2)14(9-10)20(18,19)16-12-4-6-17(3)7-5-12/h8-9,12,16H,4-7,15H2,1-3H3. The van der Waals surface area contributed by atoms with Crippen LogP contribution in [0, 0.1) is 13.8 Å². The Hall–Kier alpha value is -1.11. The first kappa shape index (κ1) is 15.3. The Balaban J connectivity index is 2.23. The van der Waals surface area contributed by atoms with Crippen LogP contribution in [0.5, 0.6) is 0 Å². The molecule has 20 heavy (non-hydrogen) atoms. The molecule has 0 unspecified atom stereocenters. The van der Waals surface area contributed by atoms with E-state index in [9.17, 15) is 8.42 Å². The van der Waals surface area contributed by atoms with Gasteiger partial charge in [0.05, 0.1) is 4.90 Å². The van der Waals surface area contributed by atoms with Gasteiger partial charge in [0.25, 0.3) is 0 Å². The van der Waals surface area contributed by atoms with Gasteiger partial charge in [0.2, 0.25) is 10.0 Å². The monoisotopic (exact) mass is 297 g/mol. The van der Waals surface area contributed by atoms with Gasteiger partial charge in [-0.1, -0.05) is 0 Å². The lowest BCUT2D eigenvalue weighted by Gasteiger charge is -2.29. The second kappa shape index (κ2) is 5.71. The largest absolute Gasteiger partial charge is 0.398 e. The first-order chi connectivity index (χ1) is 9.29. The number of likely N-dealkylation sites (tertiary alicyclic amines) is 1. The maximum Gasteiger partial charge on any atom is 0.241 e. The topological polar surface area (TPSA) is 75.4 Å². The van der Waals surface area contributed by atoms with Crippen LogP contribution in [0.4, 0.5) is 5.69 Å². The fraction of sp³-hybridized carbons (Fsp3) is 0.571. The zero-order valence-electron chi connectivity index (χ0n) is 12.3. The minimum absolute atomic E-state index is 0.0114. The van der Waals surface area contributed by atoms with E-state index in [1.807, 2.05) is 6.92 Å². The van der Waals surface area contributed by atoms with Crippen molar-refractivity contribution in [3.8, 4) is 0 Å². The molecule has 0 radical (unpaired) electrons. The van der Waals surface area contributed by atoms with Crippen molar-refractivity contribution in [2.75, 3.05) is 25.9 Å². The molecule has 0 aromatic heterocycles. The highest BCUT2D eigenvalue weighted by molar-refractivity contribution is 7.89. The molecule has 0 saturated carbocycles. The van der Waals surface area contributed by atoms with E-state index in [1.54, 1.807) is 19.1 Å². The van der Waals surface area contributed by atoms with Crippen molar-refractivity contribution in [1.29, 1.82) is 0 Å². The van der Waals surface area contributed by atoms with Crippen molar-refractivity contribution in [1.82, 2.24) is 9.62 Å². The molecule has 1 aromatic carbocycles. The molecule has 0 spiro atoms. The summed E-state index contributed by atoms with van der Waals surface area (Å²) in [5, 5.41) is 0. The highest BCUT2D eigenvalue weighted by atomic mass is 32.2. The molecule has 1 heterocycles. The SMILES string of the molecule is Cc1cc(N)c(C)c(S(=O)(=O)NC2CCN(C)CC2)c1. The third-order valence-corrected chi connectivity index (χ3v) is 5.52. The number of nitrogens with one attached hydrogen (secondary N) is 1. The van der Waals surface area contributed by atoms with Crippen LogP contribution >= 0.6 is 0 Å². The summed E-state index contributed by atoms with van der Waals surface area (Å²) in [7, 11) is -1.45. The van der Waals surface area contributed by atoms with E-state index in [2.05, 4.69) is 16.7 Å². The van der Waals surface area contributed by atoms with E-state index >= 15 is 0 Å². The predicted octanol–water partition coefficient (Wildman–Crippen LogP) is 1.26. The molecular formula is C14H23N3O2S. The minimum Gasteiger partial charge on any atom is -0.398 e. The molecule has 5 nitrogen and oxygen atoms in total. The summed E-state index contributed by atoms with van der Waals surface area (Å²) >= 11 is 0. The third-order valence-electron chi connectivity index (χ3n) is 3.87. The van der Waals surface area contributed by atoms with Gasteiger partial charge in [-0.3, -0.25) is 0 Å². The maximum atomic E-state index is 12.5. The second-order valence-electron chi connectivity index (χ2n) is 5.68. The smallest absolute Gasteiger partial charge is 0.241 e. The van der Waals surface area contributed by atoms with Crippen molar-refractivity contribution >= 4 is 15.7 Å². The second-order valence-corrected chi connectivity index (χ2v) is 7.36. The number of sulfonamides is 1.